The second-order valence-electron chi connectivity index (χ2n) is 8.19. The van der Waals surface area contributed by atoms with E-state index in [0.717, 1.165) is 17.1 Å². The molecule has 1 aliphatic carbocycles. The number of anilines is 2. The topological polar surface area (TPSA) is 84.3 Å². The van der Waals surface area contributed by atoms with Crippen molar-refractivity contribution in [2.45, 2.75) is 32.7 Å². The van der Waals surface area contributed by atoms with E-state index in [1.165, 1.54) is 12.1 Å². The number of rotatable bonds is 2. The SMILES string of the molecule is CC1(C)CC(=O)C2=C(C1)Nc1cc(Cl)ccc1N[C@H]2c1ccc(Cl)c([N+](=O)[O-])c1. The van der Waals surface area contributed by atoms with Gasteiger partial charge in [0.2, 0.25) is 0 Å². The minimum atomic E-state index is -0.542. The van der Waals surface area contributed by atoms with Crippen molar-refractivity contribution in [2.75, 3.05) is 10.6 Å². The highest BCUT2D eigenvalue weighted by Gasteiger charge is 2.39. The van der Waals surface area contributed by atoms with Gasteiger partial charge in [-0.15, -0.1) is 0 Å². The Morgan fingerprint density at radius 2 is 1.86 bits per heavy atom. The Kier molecular flexibility index (Phi) is 4.79. The van der Waals surface area contributed by atoms with Gasteiger partial charge >= 0.3 is 0 Å². The predicted molar refractivity (Wildman–Crippen MR) is 115 cm³/mol. The summed E-state index contributed by atoms with van der Waals surface area (Å²) in [5.41, 5.74) is 3.15. The summed E-state index contributed by atoms with van der Waals surface area (Å²) in [6.07, 6.45) is 1.08. The standard InChI is InChI=1S/C21H19Cl2N3O3/c1-21(2)9-16-19(18(27)10-21)20(11-3-5-13(23)17(7-11)26(28)29)25-14-6-4-12(22)8-15(14)24-16/h3-8,20,24-25H,9-10H2,1-2H3/t20-/m0/s1. The molecule has 2 aromatic rings. The number of allylic oxidation sites excluding steroid dienone is 1. The lowest BCUT2D eigenvalue weighted by Crippen LogP contribution is -2.31. The van der Waals surface area contributed by atoms with E-state index in [0.29, 0.717) is 29.0 Å². The van der Waals surface area contributed by atoms with Crippen molar-refractivity contribution in [1.82, 2.24) is 0 Å². The summed E-state index contributed by atoms with van der Waals surface area (Å²) in [5, 5.41) is 18.8. The van der Waals surface area contributed by atoms with Gasteiger partial charge in [-0.1, -0.05) is 43.1 Å². The fraction of sp³-hybridized carbons (Fsp3) is 0.286. The Morgan fingerprint density at radius 1 is 1.10 bits per heavy atom. The second kappa shape index (κ2) is 7.04. The molecule has 0 aromatic heterocycles. The van der Waals surface area contributed by atoms with Gasteiger partial charge in [0.15, 0.2) is 5.78 Å². The van der Waals surface area contributed by atoms with E-state index in [1.807, 2.05) is 6.07 Å². The van der Waals surface area contributed by atoms with E-state index in [4.69, 9.17) is 23.2 Å². The van der Waals surface area contributed by atoms with Crippen molar-refractivity contribution in [2.24, 2.45) is 5.41 Å². The van der Waals surface area contributed by atoms with Crippen LogP contribution in [0.2, 0.25) is 10.0 Å². The molecule has 4 rings (SSSR count). The van der Waals surface area contributed by atoms with Crippen LogP contribution in [0.5, 0.6) is 0 Å². The molecule has 0 bridgehead atoms. The van der Waals surface area contributed by atoms with Crippen LogP contribution in [-0.4, -0.2) is 10.7 Å². The van der Waals surface area contributed by atoms with Crippen LogP contribution in [0.15, 0.2) is 47.7 Å². The van der Waals surface area contributed by atoms with Crippen molar-refractivity contribution in [1.29, 1.82) is 0 Å². The number of carbonyl (C=O) groups excluding carboxylic acids is 1. The minimum absolute atomic E-state index is 0.0118. The fourth-order valence-corrected chi connectivity index (χ4v) is 4.38. The summed E-state index contributed by atoms with van der Waals surface area (Å²) in [7, 11) is 0. The highest BCUT2D eigenvalue weighted by Crippen LogP contribution is 2.46. The monoisotopic (exact) mass is 431 g/mol. The van der Waals surface area contributed by atoms with Gasteiger partial charge in [0, 0.05) is 28.8 Å². The molecule has 2 aliphatic rings. The van der Waals surface area contributed by atoms with Crippen molar-refractivity contribution in [3.05, 3.63) is 73.4 Å². The van der Waals surface area contributed by atoms with Crippen LogP contribution in [0, 0.1) is 15.5 Å². The Bertz CT molecular complexity index is 1080. The molecule has 150 valence electrons. The second-order valence-corrected chi connectivity index (χ2v) is 9.04. The molecular weight excluding hydrogens is 413 g/mol. The third-order valence-electron chi connectivity index (χ3n) is 5.28. The summed E-state index contributed by atoms with van der Waals surface area (Å²) < 4.78 is 0. The molecule has 0 saturated heterocycles. The molecule has 6 nitrogen and oxygen atoms in total. The molecule has 1 atom stereocenters. The van der Waals surface area contributed by atoms with Gasteiger partial charge in [-0.25, -0.2) is 0 Å². The zero-order chi connectivity index (χ0) is 20.9. The average molecular weight is 432 g/mol. The molecule has 29 heavy (non-hydrogen) atoms. The molecule has 1 heterocycles. The largest absolute Gasteiger partial charge is 0.372 e. The zero-order valence-electron chi connectivity index (χ0n) is 15.9. The molecule has 0 saturated carbocycles. The summed E-state index contributed by atoms with van der Waals surface area (Å²) in [4.78, 5) is 24.0. The smallest absolute Gasteiger partial charge is 0.288 e. The first kappa shape index (κ1) is 19.7. The van der Waals surface area contributed by atoms with Crippen LogP contribution < -0.4 is 10.6 Å². The Balaban J connectivity index is 1.91. The van der Waals surface area contributed by atoms with Crippen molar-refractivity contribution in [3.63, 3.8) is 0 Å². The molecule has 0 amide bonds. The van der Waals surface area contributed by atoms with Crippen molar-refractivity contribution >= 4 is 46.0 Å². The minimum Gasteiger partial charge on any atom is -0.372 e. The number of carbonyl (C=O) groups is 1. The first-order valence-corrected chi connectivity index (χ1v) is 9.93. The zero-order valence-corrected chi connectivity index (χ0v) is 17.4. The number of fused-ring (bicyclic) bond motifs is 1. The highest BCUT2D eigenvalue weighted by molar-refractivity contribution is 6.32. The number of ketones is 1. The molecule has 8 heteroatoms. The van der Waals surface area contributed by atoms with Gasteiger partial charge in [-0.3, -0.25) is 14.9 Å². The average Bonchev–Trinajstić information content (AvgIpc) is 2.76. The van der Waals surface area contributed by atoms with E-state index in [1.54, 1.807) is 18.2 Å². The van der Waals surface area contributed by atoms with E-state index >= 15 is 0 Å². The maximum atomic E-state index is 13.2. The number of hydrogen-bond donors (Lipinski definition) is 2. The van der Waals surface area contributed by atoms with Crippen LogP contribution in [0.3, 0.4) is 0 Å². The maximum absolute atomic E-state index is 13.2. The number of nitro benzene ring substituents is 1. The van der Waals surface area contributed by atoms with E-state index < -0.39 is 11.0 Å². The van der Waals surface area contributed by atoms with Gasteiger partial charge in [0.25, 0.3) is 5.69 Å². The first-order chi connectivity index (χ1) is 13.6. The van der Waals surface area contributed by atoms with Crippen LogP contribution in [0.4, 0.5) is 17.1 Å². The molecule has 0 spiro atoms. The van der Waals surface area contributed by atoms with Gasteiger partial charge in [-0.05, 0) is 41.7 Å². The van der Waals surface area contributed by atoms with Gasteiger partial charge in [-0.2, -0.15) is 0 Å². The molecule has 2 N–H and O–H groups in total. The number of nitro groups is 1. The summed E-state index contributed by atoms with van der Waals surface area (Å²) >= 11 is 12.2. The van der Waals surface area contributed by atoms with Crippen LogP contribution >= 0.6 is 23.2 Å². The maximum Gasteiger partial charge on any atom is 0.288 e. The summed E-state index contributed by atoms with van der Waals surface area (Å²) in [6, 6.07) is 9.48. The number of hydrogen-bond acceptors (Lipinski definition) is 5. The highest BCUT2D eigenvalue weighted by atomic mass is 35.5. The molecule has 0 unspecified atom stereocenters. The normalized spacial score (nSPS) is 20.1. The Labute approximate surface area is 178 Å². The Morgan fingerprint density at radius 3 is 2.59 bits per heavy atom. The number of nitrogens with one attached hydrogen (secondary N) is 2. The lowest BCUT2D eigenvalue weighted by molar-refractivity contribution is -0.384. The van der Waals surface area contributed by atoms with Crippen LogP contribution in [0.25, 0.3) is 0 Å². The Hall–Kier alpha value is -2.57. The predicted octanol–water partition coefficient (Wildman–Crippen LogP) is 6.12. The van der Waals surface area contributed by atoms with Crippen molar-refractivity contribution in [3.8, 4) is 0 Å². The number of nitrogens with zero attached hydrogens (tertiary/aromatic N) is 1. The van der Waals surface area contributed by atoms with E-state index in [2.05, 4.69) is 24.5 Å². The third kappa shape index (κ3) is 3.70. The lowest BCUT2D eigenvalue weighted by Gasteiger charge is -2.34. The summed E-state index contributed by atoms with van der Waals surface area (Å²) in [5.74, 6) is 0.0118. The number of halogens is 2. The molecular formula is C21H19Cl2N3O3. The first-order valence-electron chi connectivity index (χ1n) is 9.18. The van der Waals surface area contributed by atoms with Gasteiger partial charge in [0.1, 0.15) is 5.02 Å². The number of Topliss-reactive ketones (excluding diaryl/α,β-unsaturated/α-hetero) is 1. The molecule has 0 radical (unpaired) electrons. The lowest BCUT2D eigenvalue weighted by atomic mass is 9.73. The van der Waals surface area contributed by atoms with Gasteiger partial charge < -0.3 is 10.6 Å². The van der Waals surface area contributed by atoms with Crippen LogP contribution in [-0.2, 0) is 4.79 Å². The summed E-state index contributed by atoms with van der Waals surface area (Å²) in [6.45, 7) is 4.10. The van der Waals surface area contributed by atoms with Crippen LogP contribution in [0.1, 0.15) is 38.3 Å². The molecule has 1 aliphatic heterocycles. The third-order valence-corrected chi connectivity index (χ3v) is 5.83. The van der Waals surface area contributed by atoms with E-state index in [-0.39, 0.29) is 21.9 Å². The fourth-order valence-electron chi connectivity index (χ4n) is 4.02. The molecule has 2 aromatic carbocycles. The van der Waals surface area contributed by atoms with Crippen molar-refractivity contribution < 1.29 is 9.72 Å². The van der Waals surface area contributed by atoms with E-state index in [9.17, 15) is 14.9 Å². The molecule has 0 fully saturated rings. The number of benzene rings is 2. The van der Waals surface area contributed by atoms with Gasteiger partial charge in [0.05, 0.1) is 22.3 Å². The quantitative estimate of drug-likeness (QED) is 0.441.